The summed E-state index contributed by atoms with van der Waals surface area (Å²) < 4.78 is 1.49. The van der Waals surface area contributed by atoms with Gasteiger partial charge in [-0.25, -0.2) is 4.79 Å². The summed E-state index contributed by atoms with van der Waals surface area (Å²) in [7, 11) is 1.67. The van der Waals surface area contributed by atoms with Gasteiger partial charge in [0.05, 0.1) is 5.69 Å². The number of rotatable bonds is 4. The van der Waals surface area contributed by atoms with Crippen molar-refractivity contribution < 1.29 is 14.7 Å². The molecule has 1 aromatic heterocycles. The highest BCUT2D eigenvalue weighted by atomic mass is 16.4. The molecule has 0 spiro atoms. The van der Waals surface area contributed by atoms with Gasteiger partial charge < -0.3 is 16.2 Å². The molecule has 0 radical (unpaired) electrons. The number of nitrogens with zero attached hydrogens (tertiary/aromatic N) is 2. The van der Waals surface area contributed by atoms with Crippen LogP contribution in [0.5, 0.6) is 0 Å². The van der Waals surface area contributed by atoms with Crippen LogP contribution in [-0.2, 0) is 11.8 Å². The minimum Gasteiger partial charge on any atom is -0.480 e. The number of carbonyl (C=O) groups excluding carboxylic acids is 1. The third-order valence-electron chi connectivity index (χ3n) is 4.19. The van der Waals surface area contributed by atoms with E-state index in [0.29, 0.717) is 24.4 Å². The third kappa shape index (κ3) is 2.86. The summed E-state index contributed by atoms with van der Waals surface area (Å²) >= 11 is 0. The molecule has 0 saturated heterocycles. The number of primary amides is 1. The van der Waals surface area contributed by atoms with Crippen LogP contribution in [0.1, 0.15) is 54.6 Å². The van der Waals surface area contributed by atoms with Crippen LogP contribution in [-0.4, -0.2) is 32.3 Å². The Labute approximate surface area is 123 Å². The van der Waals surface area contributed by atoms with Crippen LogP contribution in [0, 0.1) is 6.92 Å². The van der Waals surface area contributed by atoms with Crippen LogP contribution in [0.3, 0.4) is 0 Å². The van der Waals surface area contributed by atoms with Crippen molar-refractivity contribution >= 4 is 17.7 Å². The fourth-order valence-corrected chi connectivity index (χ4v) is 3.05. The van der Waals surface area contributed by atoms with Crippen molar-refractivity contribution in [1.82, 2.24) is 9.78 Å². The molecule has 2 rings (SSSR count). The van der Waals surface area contributed by atoms with E-state index in [-0.39, 0.29) is 5.56 Å². The maximum absolute atomic E-state index is 11.8. The van der Waals surface area contributed by atoms with Crippen LogP contribution in [0.2, 0.25) is 0 Å². The van der Waals surface area contributed by atoms with Gasteiger partial charge in [-0.15, -0.1) is 0 Å². The van der Waals surface area contributed by atoms with E-state index < -0.39 is 17.4 Å². The minimum atomic E-state index is -1.05. The average Bonchev–Trinajstić information content (AvgIpc) is 2.58. The molecule has 0 aromatic carbocycles. The molecule has 0 bridgehead atoms. The fourth-order valence-electron chi connectivity index (χ4n) is 3.05. The number of aromatic nitrogens is 2. The topological polar surface area (TPSA) is 110 Å². The fraction of sp³-hybridized carbons (Fsp3) is 0.643. The Bertz CT molecular complexity index is 557. The first kappa shape index (κ1) is 15.3. The normalized spacial score (nSPS) is 18.0. The van der Waals surface area contributed by atoms with Gasteiger partial charge in [-0.2, -0.15) is 5.10 Å². The standard InChI is InChI=1S/C14H22N4O3/c1-9-10(11(15)19)12(18(2)17-9)16-14(13(20)21)7-5-3-4-6-8-14/h16H,3-8H2,1-2H3,(H2,15,19)(H,20,21). The monoisotopic (exact) mass is 294 g/mol. The van der Waals surface area contributed by atoms with Crippen LogP contribution in [0.4, 0.5) is 5.82 Å². The molecular formula is C14H22N4O3. The Kier molecular flexibility index (Phi) is 4.20. The number of amides is 1. The zero-order valence-electron chi connectivity index (χ0n) is 12.5. The SMILES string of the molecule is Cc1nn(C)c(NC2(C(=O)O)CCCCCC2)c1C(N)=O. The maximum Gasteiger partial charge on any atom is 0.329 e. The van der Waals surface area contributed by atoms with E-state index >= 15 is 0 Å². The Balaban J connectivity index is 2.42. The first-order valence-corrected chi connectivity index (χ1v) is 7.22. The van der Waals surface area contributed by atoms with Crippen LogP contribution in [0.15, 0.2) is 0 Å². The quantitative estimate of drug-likeness (QED) is 0.727. The number of aryl methyl sites for hydroxylation is 2. The lowest BCUT2D eigenvalue weighted by atomic mass is 9.90. The highest BCUT2D eigenvalue weighted by Crippen LogP contribution is 2.32. The van der Waals surface area contributed by atoms with Crippen molar-refractivity contribution in [3.63, 3.8) is 0 Å². The van der Waals surface area contributed by atoms with Crippen molar-refractivity contribution in [2.45, 2.75) is 51.0 Å². The van der Waals surface area contributed by atoms with Gasteiger partial charge in [0.25, 0.3) is 5.91 Å². The molecule has 1 aliphatic carbocycles. The number of hydrogen-bond donors (Lipinski definition) is 3. The smallest absolute Gasteiger partial charge is 0.329 e. The largest absolute Gasteiger partial charge is 0.480 e. The molecule has 1 amide bonds. The van der Waals surface area contributed by atoms with Gasteiger partial charge in [-0.3, -0.25) is 9.48 Å². The van der Waals surface area contributed by atoms with Crippen LogP contribution >= 0.6 is 0 Å². The Hall–Kier alpha value is -2.05. The van der Waals surface area contributed by atoms with E-state index in [1.54, 1.807) is 14.0 Å². The summed E-state index contributed by atoms with van der Waals surface area (Å²) in [6.45, 7) is 1.69. The average molecular weight is 294 g/mol. The number of hydrogen-bond acceptors (Lipinski definition) is 4. The molecule has 1 aromatic rings. The molecule has 1 fully saturated rings. The minimum absolute atomic E-state index is 0.266. The van der Waals surface area contributed by atoms with E-state index in [4.69, 9.17) is 5.73 Å². The third-order valence-corrected chi connectivity index (χ3v) is 4.19. The number of carboxylic acids is 1. The predicted octanol–water partition coefficient (Wildman–Crippen LogP) is 1.42. The molecule has 7 heteroatoms. The lowest BCUT2D eigenvalue weighted by Gasteiger charge is -2.30. The molecule has 116 valence electrons. The van der Waals surface area contributed by atoms with Crippen molar-refractivity contribution in [3.05, 3.63) is 11.3 Å². The van der Waals surface area contributed by atoms with Crippen molar-refractivity contribution in [2.75, 3.05) is 5.32 Å². The number of carbonyl (C=O) groups is 2. The van der Waals surface area contributed by atoms with E-state index in [1.807, 2.05) is 0 Å². The van der Waals surface area contributed by atoms with Crippen molar-refractivity contribution in [1.29, 1.82) is 0 Å². The predicted molar refractivity (Wildman–Crippen MR) is 78.2 cm³/mol. The molecule has 1 heterocycles. The lowest BCUT2D eigenvalue weighted by molar-refractivity contribution is -0.142. The van der Waals surface area contributed by atoms with Crippen molar-refractivity contribution in [3.8, 4) is 0 Å². The lowest BCUT2D eigenvalue weighted by Crippen LogP contribution is -2.46. The molecule has 1 saturated carbocycles. The van der Waals surface area contributed by atoms with Gasteiger partial charge in [0.1, 0.15) is 16.9 Å². The molecule has 1 aliphatic rings. The second-order valence-corrected chi connectivity index (χ2v) is 5.72. The first-order valence-electron chi connectivity index (χ1n) is 7.22. The molecule has 0 aliphatic heterocycles. The van der Waals surface area contributed by atoms with Gasteiger partial charge in [0, 0.05) is 7.05 Å². The second kappa shape index (κ2) is 5.75. The summed E-state index contributed by atoms with van der Waals surface area (Å²) in [6.07, 6.45) is 4.83. The molecule has 0 unspecified atom stereocenters. The highest BCUT2D eigenvalue weighted by molar-refractivity contribution is 5.99. The van der Waals surface area contributed by atoms with Gasteiger partial charge in [-0.05, 0) is 19.8 Å². The van der Waals surface area contributed by atoms with Crippen LogP contribution in [0.25, 0.3) is 0 Å². The molecule has 0 atom stereocenters. The summed E-state index contributed by atoms with van der Waals surface area (Å²) in [5, 5.41) is 16.9. The molecule has 21 heavy (non-hydrogen) atoms. The van der Waals surface area contributed by atoms with Crippen molar-refractivity contribution in [2.24, 2.45) is 12.8 Å². The summed E-state index contributed by atoms with van der Waals surface area (Å²) in [6, 6.07) is 0. The Morgan fingerprint density at radius 2 is 1.86 bits per heavy atom. The first-order chi connectivity index (χ1) is 9.87. The van der Waals surface area contributed by atoms with E-state index in [9.17, 15) is 14.7 Å². The summed E-state index contributed by atoms with van der Waals surface area (Å²) in [5.41, 5.74) is 5.12. The van der Waals surface area contributed by atoms with Gasteiger partial charge in [0.2, 0.25) is 0 Å². The van der Waals surface area contributed by atoms with Gasteiger partial charge in [-0.1, -0.05) is 25.7 Å². The Morgan fingerprint density at radius 1 is 1.29 bits per heavy atom. The number of aliphatic carboxylic acids is 1. The maximum atomic E-state index is 11.8. The molecule has 7 nitrogen and oxygen atoms in total. The highest BCUT2D eigenvalue weighted by Gasteiger charge is 2.40. The van der Waals surface area contributed by atoms with Gasteiger partial charge in [0.15, 0.2) is 0 Å². The van der Waals surface area contributed by atoms with E-state index in [1.165, 1.54) is 4.68 Å². The zero-order chi connectivity index (χ0) is 15.6. The second-order valence-electron chi connectivity index (χ2n) is 5.72. The molecular weight excluding hydrogens is 272 g/mol. The number of anilines is 1. The Morgan fingerprint density at radius 3 is 2.33 bits per heavy atom. The van der Waals surface area contributed by atoms with Crippen LogP contribution < -0.4 is 11.1 Å². The van der Waals surface area contributed by atoms with Gasteiger partial charge >= 0.3 is 5.97 Å². The molecule has 4 N–H and O–H groups in total. The zero-order valence-corrected chi connectivity index (χ0v) is 12.5. The summed E-state index contributed by atoms with van der Waals surface area (Å²) in [4.78, 5) is 23.4. The number of nitrogens with two attached hydrogens (primary N) is 1. The van der Waals surface area contributed by atoms with E-state index in [2.05, 4.69) is 10.4 Å². The number of carboxylic acid groups (broad SMARTS) is 1. The number of nitrogens with one attached hydrogen (secondary N) is 1. The summed E-state index contributed by atoms with van der Waals surface area (Å²) in [5.74, 6) is -1.10. The van der Waals surface area contributed by atoms with E-state index in [0.717, 1.165) is 25.7 Å².